The maximum absolute atomic E-state index is 13.6. The van der Waals surface area contributed by atoms with E-state index in [0.717, 1.165) is 12.1 Å². The Morgan fingerprint density at radius 1 is 1.33 bits per heavy atom. The molecular weight excluding hydrogens is 350 g/mol. The SMILES string of the molecule is O=C(O)[C@@H]1CCCN(C(=O)Nc2c(F)cc(Br)cc2F)C1. The molecule has 0 bridgehead atoms. The topological polar surface area (TPSA) is 69.6 Å². The molecule has 2 rings (SSSR count). The van der Waals surface area contributed by atoms with Gasteiger partial charge in [-0.05, 0) is 25.0 Å². The van der Waals surface area contributed by atoms with E-state index in [-0.39, 0.29) is 11.0 Å². The number of anilines is 1. The van der Waals surface area contributed by atoms with Gasteiger partial charge in [0.05, 0.1) is 5.92 Å². The summed E-state index contributed by atoms with van der Waals surface area (Å²) in [5.74, 6) is -3.43. The number of rotatable bonds is 2. The van der Waals surface area contributed by atoms with E-state index in [1.54, 1.807) is 0 Å². The Kier molecular flexibility index (Phi) is 4.76. The summed E-state index contributed by atoms with van der Waals surface area (Å²) in [5.41, 5.74) is -0.541. The molecule has 0 radical (unpaired) electrons. The van der Waals surface area contributed by atoms with Crippen molar-refractivity contribution in [3.05, 3.63) is 28.2 Å². The first-order chi connectivity index (χ1) is 9.88. The number of carbonyl (C=O) groups excluding carboxylic acids is 1. The van der Waals surface area contributed by atoms with Crippen LogP contribution in [0.15, 0.2) is 16.6 Å². The van der Waals surface area contributed by atoms with Crippen molar-refractivity contribution < 1.29 is 23.5 Å². The Morgan fingerprint density at radius 2 is 1.95 bits per heavy atom. The van der Waals surface area contributed by atoms with E-state index in [1.807, 2.05) is 0 Å². The van der Waals surface area contributed by atoms with Gasteiger partial charge in [0.25, 0.3) is 0 Å². The van der Waals surface area contributed by atoms with Crippen LogP contribution in [0, 0.1) is 17.6 Å². The lowest BCUT2D eigenvalue weighted by Gasteiger charge is -2.30. The lowest BCUT2D eigenvalue weighted by Crippen LogP contribution is -2.44. The molecule has 1 aliphatic heterocycles. The predicted molar refractivity (Wildman–Crippen MR) is 75.0 cm³/mol. The molecule has 8 heteroatoms. The largest absolute Gasteiger partial charge is 0.481 e. The summed E-state index contributed by atoms with van der Waals surface area (Å²) >= 11 is 2.95. The number of carboxylic acids is 1. The van der Waals surface area contributed by atoms with Gasteiger partial charge in [0.2, 0.25) is 0 Å². The molecule has 0 aromatic heterocycles. The van der Waals surface area contributed by atoms with Crippen LogP contribution < -0.4 is 5.32 Å². The predicted octanol–water partition coefficient (Wildman–Crippen LogP) is 3.06. The summed E-state index contributed by atoms with van der Waals surface area (Å²) in [6.07, 6.45) is 1.02. The van der Waals surface area contributed by atoms with Crippen LogP contribution in [0.25, 0.3) is 0 Å². The molecule has 0 aliphatic carbocycles. The van der Waals surface area contributed by atoms with Crippen molar-refractivity contribution in [1.82, 2.24) is 4.90 Å². The van der Waals surface area contributed by atoms with Gasteiger partial charge in [0, 0.05) is 17.6 Å². The molecule has 1 saturated heterocycles. The molecule has 2 amide bonds. The van der Waals surface area contributed by atoms with E-state index < -0.39 is 35.2 Å². The normalized spacial score (nSPS) is 18.4. The Labute approximate surface area is 128 Å². The molecule has 1 fully saturated rings. The molecular formula is C13H13BrF2N2O3. The number of nitrogens with zero attached hydrogens (tertiary/aromatic N) is 1. The van der Waals surface area contributed by atoms with E-state index in [1.165, 1.54) is 4.90 Å². The second kappa shape index (κ2) is 6.38. The third kappa shape index (κ3) is 3.69. The highest BCUT2D eigenvalue weighted by atomic mass is 79.9. The fourth-order valence-corrected chi connectivity index (χ4v) is 2.61. The highest BCUT2D eigenvalue weighted by Gasteiger charge is 2.28. The first-order valence-electron chi connectivity index (χ1n) is 6.31. The van der Waals surface area contributed by atoms with Gasteiger partial charge in [-0.2, -0.15) is 0 Å². The molecule has 1 atom stereocenters. The zero-order valence-electron chi connectivity index (χ0n) is 10.9. The lowest BCUT2D eigenvalue weighted by atomic mass is 9.99. The lowest BCUT2D eigenvalue weighted by molar-refractivity contribution is -0.143. The zero-order valence-corrected chi connectivity index (χ0v) is 12.5. The molecule has 114 valence electrons. The van der Waals surface area contributed by atoms with Crippen molar-refractivity contribution >= 4 is 33.6 Å². The van der Waals surface area contributed by atoms with E-state index in [9.17, 15) is 18.4 Å². The fourth-order valence-electron chi connectivity index (χ4n) is 2.21. The third-order valence-corrected chi connectivity index (χ3v) is 3.75. The third-order valence-electron chi connectivity index (χ3n) is 3.30. The van der Waals surface area contributed by atoms with Crippen LogP contribution in [-0.4, -0.2) is 35.1 Å². The van der Waals surface area contributed by atoms with Crippen molar-refractivity contribution in [3.8, 4) is 0 Å². The van der Waals surface area contributed by atoms with E-state index >= 15 is 0 Å². The van der Waals surface area contributed by atoms with Crippen LogP contribution in [0.4, 0.5) is 19.3 Å². The van der Waals surface area contributed by atoms with Crippen LogP contribution in [0.2, 0.25) is 0 Å². The van der Waals surface area contributed by atoms with E-state index in [0.29, 0.717) is 19.4 Å². The van der Waals surface area contributed by atoms with Gasteiger partial charge in [0.1, 0.15) is 5.69 Å². The highest BCUT2D eigenvalue weighted by Crippen LogP contribution is 2.25. The number of halogens is 3. The second-order valence-electron chi connectivity index (χ2n) is 4.80. The Hall–Kier alpha value is -1.70. The van der Waals surface area contributed by atoms with Gasteiger partial charge >= 0.3 is 12.0 Å². The van der Waals surface area contributed by atoms with E-state index in [4.69, 9.17) is 5.11 Å². The van der Waals surface area contributed by atoms with Crippen LogP contribution >= 0.6 is 15.9 Å². The van der Waals surface area contributed by atoms with E-state index in [2.05, 4.69) is 21.2 Å². The summed E-state index contributed by atoms with van der Waals surface area (Å²) < 4.78 is 27.5. The average Bonchev–Trinajstić information content (AvgIpc) is 2.42. The van der Waals surface area contributed by atoms with Crippen LogP contribution in [-0.2, 0) is 4.79 Å². The minimum absolute atomic E-state index is 0.0287. The molecule has 0 saturated carbocycles. The van der Waals surface area contributed by atoms with Crippen molar-refractivity contribution in [3.63, 3.8) is 0 Å². The summed E-state index contributed by atoms with van der Waals surface area (Å²) in [6.45, 7) is 0.385. The minimum atomic E-state index is -0.978. The number of likely N-dealkylation sites (tertiary alicyclic amines) is 1. The van der Waals surface area contributed by atoms with Gasteiger partial charge in [-0.15, -0.1) is 0 Å². The standard InChI is InChI=1S/C13H13BrF2N2O3/c14-8-4-9(15)11(10(16)5-8)17-13(21)18-3-1-2-7(6-18)12(19)20/h4-5,7H,1-3,6H2,(H,17,21)(H,19,20)/t7-/m1/s1. The number of piperidine rings is 1. The Bertz CT molecular complexity index is 560. The number of amides is 2. The second-order valence-corrected chi connectivity index (χ2v) is 5.71. The molecule has 0 unspecified atom stereocenters. The summed E-state index contributed by atoms with van der Waals surface area (Å²) in [7, 11) is 0. The number of urea groups is 1. The molecule has 21 heavy (non-hydrogen) atoms. The van der Waals surface area contributed by atoms with Gasteiger partial charge < -0.3 is 15.3 Å². The van der Waals surface area contributed by atoms with Gasteiger partial charge in [-0.3, -0.25) is 4.79 Å². The molecule has 0 spiro atoms. The minimum Gasteiger partial charge on any atom is -0.481 e. The summed E-state index contributed by atoms with van der Waals surface area (Å²) in [4.78, 5) is 24.2. The first kappa shape index (κ1) is 15.7. The number of hydrogen-bond donors (Lipinski definition) is 2. The summed E-state index contributed by atoms with van der Waals surface area (Å²) in [5, 5.41) is 11.1. The van der Waals surface area contributed by atoms with Crippen LogP contribution in [0.3, 0.4) is 0 Å². The quantitative estimate of drug-likeness (QED) is 0.849. The smallest absolute Gasteiger partial charge is 0.322 e. The first-order valence-corrected chi connectivity index (χ1v) is 7.11. The highest BCUT2D eigenvalue weighted by molar-refractivity contribution is 9.10. The number of carbonyl (C=O) groups is 2. The summed E-state index contributed by atoms with van der Waals surface area (Å²) in [6, 6.07) is 1.37. The monoisotopic (exact) mass is 362 g/mol. The van der Waals surface area contributed by atoms with Gasteiger partial charge in [-0.1, -0.05) is 15.9 Å². The average molecular weight is 363 g/mol. The van der Waals surface area contributed by atoms with Crippen molar-refractivity contribution in [1.29, 1.82) is 0 Å². The maximum Gasteiger partial charge on any atom is 0.322 e. The Morgan fingerprint density at radius 3 is 2.52 bits per heavy atom. The van der Waals surface area contributed by atoms with Crippen molar-refractivity contribution in [2.24, 2.45) is 5.92 Å². The number of nitrogens with one attached hydrogen (secondary N) is 1. The Balaban J connectivity index is 2.10. The molecule has 5 nitrogen and oxygen atoms in total. The molecule has 1 heterocycles. The van der Waals surface area contributed by atoms with Crippen molar-refractivity contribution in [2.75, 3.05) is 18.4 Å². The zero-order chi connectivity index (χ0) is 15.6. The van der Waals surface area contributed by atoms with Crippen LogP contribution in [0.1, 0.15) is 12.8 Å². The molecule has 1 aromatic rings. The number of aliphatic carboxylic acids is 1. The fraction of sp³-hybridized carbons (Fsp3) is 0.385. The van der Waals surface area contributed by atoms with Gasteiger partial charge in [-0.25, -0.2) is 13.6 Å². The number of benzene rings is 1. The maximum atomic E-state index is 13.6. The molecule has 2 N–H and O–H groups in total. The van der Waals surface area contributed by atoms with Crippen molar-refractivity contribution in [2.45, 2.75) is 12.8 Å². The van der Waals surface area contributed by atoms with Crippen LogP contribution in [0.5, 0.6) is 0 Å². The van der Waals surface area contributed by atoms with Gasteiger partial charge in [0.15, 0.2) is 11.6 Å². The number of carboxylic acid groups (broad SMARTS) is 1. The number of hydrogen-bond acceptors (Lipinski definition) is 2. The molecule has 1 aromatic carbocycles. The molecule has 1 aliphatic rings.